The van der Waals surface area contributed by atoms with Crippen molar-refractivity contribution in [1.29, 1.82) is 0 Å². The molecule has 0 aliphatic carbocycles. The predicted molar refractivity (Wildman–Crippen MR) is 99.9 cm³/mol. The lowest BCUT2D eigenvalue weighted by Gasteiger charge is -2.32. The third-order valence-corrected chi connectivity index (χ3v) is 5.17. The number of hydrogen-bond acceptors (Lipinski definition) is 2. The summed E-state index contributed by atoms with van der Waals surface area (Å²) in [5, 5.41) is 11.6. The van der Waals surface area contributed by atoms with Crippen LogP contribution in [0.4, 0.5) is 0 Å². The zero-order valence-electron chi connectivity index (χ0n) is 14.1. The number of fused-ring (bicyclic) bond motifs is 1. The minimum absolute atomic E-state index is 0.126. The fourth-order valence-electron chi connectivity index (χ4n) is 3.74. The summed E-state index contributed by atoms with van der Waals surface area (Å²) in [6.45, 7) is 1.54. The van der Waals surface area contributed by atoms with Crippen LogP contribution < -0.4 is 0 Å². The lowest BCUT2D eigenvalue weighted by Crippen LogP contribution is -2.38. The van der Waals surface area contributed by atoms with E-state index >= 15 is 0 Å². The van der Waals surface area contributed by atoms with Crippen molar-refractivity contribution in [3.63, 3.8) is 0 Å². The van der Waals surface area contributed by atoms with E-state index in [1.54, 1.807) is 12.1 Å². The summed E-state index contributed by atoms with van der Waals surface area (Å²) in [4.78, 5) is 15.0. The van der Waals surface area contributed by atoms with E-state index in [1.165, 1.54) is 5.56 Å². The number of phenols is 1. The molecule has 0 aromatic heterocycles. The molecule has 0 radical (unpaired) electrons. The number of nitrogens with zero attached hydrogens (tertiary/aromatic N) is 1. The molecule has 3 heteroatoms. The first-order valence-corrected chi connectivity index (χ1v) is 8.78. The Hall–Kier alpha value is -2.81. The Morgan fingerprint density at radius 2 is 1.56 bits per heavy atom. The van der Waals surface area contributed by atoms with Gasteiger partial charge in [0.05, 0.1) is 0 Å². The van der Waals surface area contributed by atoms with Crippen LogP contribution in [0.1, 0.15) is 34.7 Å². The van der Waals surface area contributed by atoms with Crippen LogP contribution in [0, 0.1) is 0 Å². The van der Waals surface area contributed by atoms with E-state index in [2.05, 4.69) is 0 Å². The van der Waals surface area contributed by atoms with Crippen LogP contribution in [0.5, 0.6) is 5.75 Å². The van der Waals surface area contributed by atoms with Gasteiger partial charge in [-0.1, -0.05) is 48.5 Å². The van der Waals surface area contributed by atoms with Gasteiger partial charge >= 0.3 is 0 Å². The van der Waals surface area contributed by atoms with Gasteiger partial charge in [-0.3, -0.25) is 4.79 Å². The Kier molecular flexibility index (Phi) is 4.14. The van der Waals surface area contributed by atoms with Gasteiger partial charge in [0.25, 0.3) is 5.91 Å². The Morgan fingerprint density at radius 3 is 2.32 bits per heavy atom. The molecule has 1 aliphatic heterocycles. The summed E-state index contributed by atoms with van der Waals surface area (Å²) in [5.41, 5.74) is 2.04. The third kappa shape index (κ3) is 3.10. The first-order valence-electron chi connectivity index (χ1n) is 8.78. The van der Waals surface area contributed by atoms with Gasteiger partial charge in [-0.05, 0) is 53.3 Å². The second-order valence-corrected chi connectivity index (χ2v) is 6.68. The molecule has 1 amide bonds. The molecule has 0 bridgehead atoms. The first kappa shape index (κ1) is 15.7. The molecular formula is C22H21NO2. The highest BCUT2D eigenvalue weighted by molar-refractivity contribution is 6.07. The van der Waals surface area contributed by atoms with Crippen molar-refractivity contribution in [1.82, 2.24) is 4.90 Å². The number of carbonyl (C=O) groups is 1. The molecule has 3 aromatic carbocycles. The Bertz CT molecular complexity index is 888. The van der Waals surface area contributed by atoms with Gasteiger partial charge < -0.3 is 10.0 Å². The predicted octanol–water partition coefficient (Wildman–Crippen LogP) is 4.57. The fourth-order valence-corrected chi connectivity index (χ4v) is 3.74. The minimum Gasteiger partial charge on any atom is -0.508 e. The average molecular weight is 331 g/mol. The zero-order chi connectivity index (χ0) is 17.2. The van der Waals surface area contributed by atoms with E-state index in [0.29, 0.717) is 11.7 Å². The molecular weight excluding hydrogens is 310 g/mol. The van der Waals surface area contributed by atoms with E-state index < -0.39 is 0 Å². The van der Waals surface area contributed by atoms with Crippen LogP contribution in [-0.4, -0.2) is 29.0 Å². The smallest absolute Gasteiger partial charge is 0.254 e. The molecule has 3 aromatic rings. The molecule has 0 atom stereocenters. The molecule has 1 saturated heterocycles. The largest absolute Gasteiger partial charge is 0.508 e. The molecule has 3 nitrogen and oxygen atoms in total. The van der Waals surface area contributed by atoms with Crippen molar-refractivity contribution in [3.8, 4) is 5.75 Å². The normalized spacial score (nSPS) is 15.4. The lowest BCUT2D eigenvalue weighted by atomic mass is 9.89. The van der Waals surface area contributed by atoms with Crippen LogP contribution in [0.15, 0.2) is 66.7 Å². The monoisotopic (exact) mass is 331 g/mol. The molecule has 25 heavy (non-hydrogen) atoms. The fraction of sp³-hybridized carbons (Fsp3) is 0.227. The molecule has 0 saturated carbocycles. The van der Waals surface area contributed by atoms with Crippen LogP contribution in [-0.2, 0) is 0 Å². The summed E-state index contributed by atoms with van der Waals surface area (Å²) in [6.07, 6.45) is 1.92. The molecule has 4 rings (SSSR count). The number of amides is 1. The summed E-state index contributed by atoms with van der Waals surface area (Å²) < 4.78 is 0. The van der Waals surface area contributed by atoms with Gasteiger partial charge in [0.1, 0.15) is 5.75 Å². The van der Waals surface area contributed by atoms with Crippen molar-refractivity contribution in [2.75, 3.05) is 13.1 Å². The molecule has 1 fully saturated rings. The highest BCUT2D eigenvalue weighted by Crippen LogP contribution is 2.30. The third-order valence-electron chi connectivity index (χ3n) is 5.17. The van der Waals surface area contributed by atoms with Gasteiger partial charge in [0.15, 0.2) is 0 Å². The van der Waals surface area contributed by atoms with Crippen molar-refractivity contribution >= 4 is 16.7 Å². The highest BCUT2D eigenvalue weighted by atomic mass is 16.3. The van der Waals surface area contributed by atoms with Crippen molar-refractivity contribution < 1.29 is 9.90 Å². The summed E-state index contributed by atoms with van der Waals surface area (Å²) in [7, 11) is 0. The second-order valence-electron chi connectivity index (χ2n) is 6.68. The van der Waals surface area contributed by atoms with Gasteiger partial charge in [-0.15, -0.1) is 0 Å². The maximum Gasteiger partial charge on any atom is 0.254 e. The second kappa shape index (κ2) is 6.60. The van der Waals surface area contributed by atoms with Crippen LogP contribution in [0.25, 0.3) is 10.8 Å². The highest BCUT2D eigenvalue weighted by Gasteiger charge is 2.25. The number of phenolic OH excluding ortho intramolecular Hbond substituents is 1. The van der Waals surface area contributed by atoms with Crippen molar-refractivity contribution in [2.45, 2.75) is 18.8 Å². The quantitative estimate of drug-likeness (QED) is 0.747. The number of rotatable bonds is 2. The number of likely N-dealkylation sites (tertiary alicyclic amines) is 1. The number of aromatic hydroxyl groups is 1. The summed E-state index contributed by atoms with van der Waals surface area (Å²) in [6, 6.07) is 21.4. The van der Waals surface area contributed by atoms with E-state index in [1.807, 2.05) is 59.5 Å². The number of benzene rings is 3. The Morgan fingerprint density at radius 1 is 0.880 bits per heavy atom. The van der Waals surface area contributed by atoms with Crippen LogP contribution in [0.2, 0.25) is 0 Å². The van der Waals surface area contributed by atoms with E-state index in [-0.39, 0.29) is 5.91 Å². The maximum absolute atomic E-state index is 13.0. The summed E-state index contributed by atoms with van der Waals surface area (Å²) >= 11 is 0. The topological polar surface area (TPSA) is 40.5 Å². The van der Waals surface area contributed by atoms with Gasteiger partial charge in [-0.2, -0.15) is 0 Å². The first-order chi connectivity index (χ1) is 12.2. The Balaban J connectivity index is 1.50. The van der Waals surface area contributed by atoms with Gasteiger partial charge in [0.2, 0.25) is 0 Å². The minimum atomic E-state index is 0.126. The standard InChI is InChI=1S/C22H21NO2/c24-19-10-8-16(9-11-19)17-12-14-23(15-13-17)22(25)21-7-3-5-18-4-1-2-6-20(18)21/h1-11,17,24H,12-15H2. The molecule has 126 valence electrons. The number of hydrogen-bond donors (Lipinski definition) is 1. The van der Waals surface area contributed by atoms with Crippen LogP contribution >= 0.6 is 0 Å². The van der Waals surface area contributed by atoms with E-state index in [4.69, 9.17) is 0 Å². The summed E-state index contributed by atoms with van der Waals surface area (Å²) in [5.74, 6) is 0.880. The number of carbonyl (C=O) groups excluding carboxylic acids is 1. The maximum atomic E-state index is 13.0. The lowest BCUT2D eigenvalue weighted by molar-refractivity contribution is 0.0715. The average Bonchev–Trinajstić information content (AvgIpc) is 2.68. The molecule has 0 spiro atoms. The van der Waals surface area contributed by atoms with Crippen molar-refractivity contribution in [3.05, 3.63) is 77.9 Å². The molecule has 1 N–H and O–H groups in total. The van der Waals surface area contributed by atoms with Crippen LogP contribution in [0.3, 0.4) is 0 Å². The van der Waals surface area contributed by atoms with Crippen molar-refractivity contribution in [2.24, 2.45) is 0 Å². The molecule has 1 heterocycles. The zero-order valence-corrected chi connectivity index (χ0v) is 14.1. The number of piperidine rings is 1. The van der Waals surface area contributed by atoms with E-state index in [0.717, 1.165) is 42.3 Å². The Labute approximate surface area is 147 Å². The molecule has 0 unspecified atom stereocenters. The van der Waals surface area contributed by atoms with Gasteiger partial charge in [0, 0.05) is 18.7 Å². The van der Waals surface area contributed by atoms with Gasteiger partial charge in [-0.25, -0.2) is 0 Å². The molecule has 1 aliphatic rings. The van der Waals surface area contributed by atoms with E-state index in [9.17, 15) is 9.90 Å². The SMILES string of the molecule is O=C(c1cccc2ccccc12)N1CCC(c2ccc(O)cc2)CC1.